The Morgan fingerprint density at radius 2 is 1.54 bits per heavy atom. The Morgan fingerprint density at radius 1 is 0.892 bits per heavy atom. The number of aromatic amines is 1. The zero-order valence-corrected chi connectivity index (χ0v) is 19.2. The van der Waals surface area contributed by atoms with E-state index in [1.54, 1.807) is 6.20 Å². The van der Waals surface area contributed by atoms with Crippen LogP contribution in [0.2, 0.25) is 0 Å². The highest BCUT2D eigenvalue weighted by Gasteiger charge is 2.38. The van der Waals surface area contributed by atoms with Gasteiger partial charge in [-0.1, -0.05) is 54.6 Å². The van der Waals surface area contributed by atoms with Crippen molar-refractivity contribution in [3.63, 3.8) is 0 Å². The summed E-state index contributed by atoms with van der Waals surface area (Å²) in [4.78, 5) is 41.4. The first-order valence-corrected chi connectivity index (χ1v) is 11.1. The molecule has 2 aromatic carbocycles. The standard InChI is InChI=1S/C25H19N3O2.C2HF3O2/c29-24(17-4-2-1-3-5-17)18-8-6-16(7-9-18)22-14-19(10-12-26-22)23-15-20-21(28-23)11-13-27-25(20)30;3-2(4,5)1(6)7/h1-10,12,14-15,28H,11,13H2,(H,27,30);(H,6,7). The molecule has 5 rings (SSSR count). The zero-order chi connectivity index (χ0) is 26.6. The topological polar surface area (TPSA) is 112 Å². The molecule has 0 radical (unpaired) electrons. The summed E-state index contributed by atoms with van der Waals surface area (Å²) in [6.45, 7) is 0.654. The number of pyridine rings is 1. The van der Waals surface area contributed by atoms with Gasteiger partial charge in [-0.2, -0.15) is 13.2 Å². The highest BCUT2D eigenvalue weighted by molar-refractivity contribution is 6.09. The number of carbonyl (C=O) groups excluding carboxylic acids is 2. The Morgan fingerprint density at radius 3 is 2.16 bits per heavy atom. The SMILES string of the molecule is O=C(O)C(F)(F)F.O=C(c1ccccc1)c1ccc(-c2cc(-c3cc4c([nH]3)CCNC4=O)ccn2)cc1. The lowest BCUT2D eigenvalue weighted by Gasteiger charge is -2.11. The average molecular weight is 507 g/mol. The number of aliphatic carboxylic acids is 1. The molecule has 188 valence electrons. The van der Waals surface area contributed by atoms with Crippen molar-refractivity contribution in [2.45, 2.75) is 12.6 Å². The van der Waals surface area contributed by atoms with Crippen LogP contribution < -0.4 is 5.32 Å². The van der Waals surface area contributed by atoms with Crippen LogP contribution in [0.3, 0.4) is 0 Å². The lowest BCUT2D eigenvalue weighted by Crippen LogP contribution is -2.31. The van der Waals surface area contributed by atoms with Crippen molar-refractivity contribution in [1.29, 1.82) is 0 Å². The number of aromatic nitrogens is 2. The zero-order valence-electron chi connectivity index (χ0n) is 19.2. The molecule has 0 spiro atoms. The minimum atomic E-state index is -5.08. The molecular weight excluding hydrogens is 487 g/mol. The number of benzene rings is 2. The van der Waals surface area contributed by atoms with Crippen LogP contribution in [0, 0.1) is 0 Å². The molecule has 2 aromatic heterocycles. The quantitative estimate of drug-likeness (QED) is 0.341. The number of ketones is 1. The van der Waals surface area contributed by atoms with Crippen molar-refractivity contribution < 1.29 is 32.7 Å². The van der Waals surface area contributed by atoms with Crippen LogP contribution in [-0.2, 0) is 11.2 Å². The first kappa shape index (κ1) is 25.4. The Kier molecular flexibility index (Phi) is 7.19. The molecule has 0 saturated heterocycles. The van der Waals surface area contributed by atoms with Gasteiger partial charge in [0.2, 0.25) is 0 Å². The molecule has 0 bridgehead atoms. The molecule has 1 amide bonds. The number of H-pyrrole nitrogens is 1. The number of nitrogens with zero attached hydrogens (tertiary/aromatic N) is 1. The van der Waals surface area contributed by atoms with Crippen molar-refractivity contribution in [2.24, 2.45) is 0 Å². The molecule has 0 saturated carbocycles. The van der Waals surface area contributed by atoms with Gasteiger partial charge >= 0.3 is 12.1 Å². The predicted molar refractivity (Wildman–Crippen MR) is 129 cm³/mol. The Hall–Kier alpha value is -4.73. The molecule has 4 aromatic rings. The van der Waals surface area contributed by atoms with Crippen LogP contribution in [0.5, 0.6) is 0 Å². The van der Waals surface area contributed by atoms with Gasteiger partial charge in [0.15, 0.2) is 5.78 Å². The van der Waals surface area contributed by atoms with E-state index in [2.05, 4.69) is 15.3 Å². The number of halogens is 3. The number of amides is 1. The van der Waals surface area contributed by atoms with Gasteiger partial charge in [0, 0.05) is 52.8 Å². The maximum absolute atomic E-state index is 12.6. The maximum atomic E-state index is 12.6. The third-order valence-electron chi connectivity index (χ3n) is 5.60. The number of carboxylic acids is 1. The molecule has 10 heteroatoms. The summed E-state index contributed by atoms with van der Waals surface area (Å²) in [5, 5.41) is 9.99. The van der Waals surface area contributed by atoms with Crippen molar-refractivity contribution in [2.75, 3.05) is 6.54 Å². The summed E-state index contributed by atoms with van der Waals surface area (Å²) in [5.41, 5.74) is 6.59. The molecule has 0 aliphatic carbocycles. The van der Waals surface area contributed by atoms with Gasteiger partial charge in [0.25, 0.3) is 5.91 Å². The molecule has 7 nitrogen and oxygen atoms in total. The monoisotopic (exact) mass is 507 g/mol. The third kappa shape index (κ3) is 5.92. The second-order valence-electron chi connectivity index (χ2n) is 8.09. The van der Waals surface area contributed by atoms with E-state index in [-0.39, 0.29) is 11.7 Å². The molecule has 37 heavy (non-hydrogen) atoms. The number of alkyl halides is 3. The maximum Gasteiger partial charge on any atom is 0.490 e. The van der Waals surface area contributed by atoms with Gasteiger partial charge in [0.05, 0.1) is 11.3 Å². The second-order valence-corrected chi connectivity index (χ2v) is 8.09. The summed E-state index contributed by atoms with van der Waals surface area (Å²) in [7, 11) is 0. The molecule has 1 aliphatic rings. The predicted octanol–water partition coefficient (Wildman–Crippen LogP) is 4.89. The molecule has 0 atom stereocenters. The van der Waals surface area contributed by atoms with Crippen LogP contribution in [0.1, 0.15) is 32.0 Å². The van der Waals surface area contributed by atoms with Crippen molar-refractivity contribution in [1.82, 2.24) is 15.3 Å². The van der Waals surface area contributed by atoms with Gasteiger partial charge in [-0.3, -0.25) is 14.6 Å². The van der Waals surface area contributed by atoms with Gasteiger partial charge < -0.3 is 15.4 Å². The summed E-state index contributed by atoms with van der Waals surface area (Å²) < 4.78 is 31.7. The second kappa shape index (κ2) is 10.5. The minimum Gasteiger partial charge on any atom is -0.475 e. The Labute approximate surface area is 209 Å². The van der Waals surface area contributed by atoms with Crippen LogP contribution in [-0.4, -0.2) is 45.5 Å². The van der Waals surface area contributed by atoms with E-state index in [1.807, 2.05) is 72.8 Å². The van der Waals surface area contributed by atoms with Crippen LogP contribution in [0.4, 0.5) is 13.2 Å². The first-order valence-electron chi connectivity index (χ1n) is 11.1. The van der Waals surface area contributed by atoms with E-state index in [9.17, 15) is 22.8 Å². The van der Waals surface area contributed by atoms with E-state index >= 15 is 0 Å². The van der Waals surface area contributed by atoms with E-state index in [1.165, 1.54) is 0 Å². The summed E-state index contributed by atoms with van der Waals surface area (Å²) >= 11 is 0. The number of rotatable bonds is 4. The fraction of sp³-hybridized carbons (Fsp3) is 0.111. The van der Waals surface area contributed by atoms with Gasteiger partial charge in [-0.05, 0) is 18.2 Å². The molecule has 0 unspecified atom stereocenters. The largest absolute Gasteiger partial charge is 0.490 e. The Bertz CT molecular complexity index is 1450. The van der Waals surface area contributed by atoms with E-state index < -0.39 is 12.1 Å². The fourth-order valence-electron chi connectivity index (χ4n) is 3.75. The van der Waals surface area contributed by atoms with E-state index in [0.29, 0.717) is 23.2 Å². The fourth-order valence-corrected chi connectivity index (χ4v) is 3.75. The van der Waals surface area contributed by atoms with Gasteiger partial charge in [-0.15, -0.1) is 0 Å². The van der Waals surface area contributed by atoms with Gasteiger partial charge in [0.1, 0.15) is 0 Å². The lowest BCUT2D eigenvalue weighted by molar-refractivity contribution is -0.192. The number of hydrogen-bond donors (Lipinski definition) is 3. The molecule has 1 aliphatic heterocycles. The smallest absolute Gasteiger partial charge is 0.475 e. The van der Waals surface area contributed by atoms with E-state index in [4.69, 9.17) is 9.90 Å². The number of carbonyl (C=O) groups is 3. The number of carboxylic acid groups (broad SMARTS) is 1. The molecule has 0 fully saturated rings. The van der Waals surface area contributed by atoms with Crippen molar-refractivity contribution >= 4 is 17.7 Å². The average Bonchev–Trinajstić information content (AvgIpc) is 3.35. The summed E-state index contributed by atoms with van der Waals surface area (Å²) in [5.74, 6) is -2.79. The Balaban J connectivity index is 0.000000405. The highest BCUT2D eigenvalue weighted by Crippen LogP contribution is 2.27. The molecule has 3 heterocycles. The summed E-state index contributed by atoms with van der Waals surface area (Å²) in [6, 6.07) is 22.5. The van der Waals surface area contributed by atoms with Crippen LogP contribution >= 0.6 is 0 Å². The number of hydrogen-bond acceptors (Lipinski definition) is 4. The van der Waals surface area contributed by atoms with Gasteiger partial charge in [-0.25, -0.2) is 4.79 Å². The highest BCUT2D eigenvalue weighted by atomic mass is 19.4. The van der Waals surface area contributed by atoms with Crippen LogP contribution in [0.15, 0.2) is 79.0 Å². The van der Waals surface area contributed by atoms with Crippen molar-refractivity contribution in [3.05, 3.63) is 101 Å². The van der Waals surface area contributed by atoms with Crippen LogP contribution in [0.25, 0.3) is 22.5 Å². The number of fused-ring (bicyclic) bond motifs is 1. The molecule has 3 N–H and O–H groups in total. The molecular formula is C27H20F3N3O4. The van der Waals surface area contributed by atoms with E-state index in [0.717, 1.165) is 34.6 Å². The normalized spacial score (nSPS) is 12.6. The first-order chi connectivity index (χ1) is 17.6. The number of nitrogens with one attached hydrogen (secondary N) is 2. The summed E-state index contributed by atoms with van der Waals surface area (Å²) in [6.07, 6.45) is -2.52. The minimum absolute atomic E-state index is 0.000831. The lowest BCUT2D eigenvalue weighted by atomic mass is 10.0. The van der Waals surface area contributed by atoms with Crippen molar-refractivity contribution in [3.8, 4) is 22.5 Å². The third-order valence-corrected chi connectivity index (χ3v) is 5.60.